The van der Waals surface area contributed by atoms with E-state index in [-0.39, 0.29) is 19.1 Å². The lowest BCUT2D eigenvalue weighted by atomic mass is 10.6. The number of amides is 2. The van der Waals surface area contributed by atoms with Gasteiger partial charge in [0.05, 0.1) is 26.4 Å². The van der Waals surface area contributed by atoms with Gasteiger partial charge in [-0.1, -0.05) is 0 Å². The molecule has 16 heavy (non-hydrogen) atoms. The molecule has 0 aromatic carbocycles. The minimum Gasteiger partial charge on any atom is -0.377 e. The van der Waals surface area contributed by atoms with E-state index >= 15 is 0 Å². The normalized spacial score (nSPS) is 10.1. The van der Waals surface area contributed by atoms with Gasteiger partial charge < -0.3 is 25.3 Å². The molecule has 0 bridgehead atoms. The van der Waals surface area contributed by atoms with Crippen molar-refractivity contribution in [2.24, 2.45) is 5.73 Å². The zero-order valence-corrected chi connectivity index (χ0v) is 9.36. The van der Waals surface area contributed by atoms with Crippen molar-refractivity contribution < 1.29 is 23.8 Å². The van der Waals surface area contributed by atoms with E-state index in [1.165, 1.54) is 7.05 Å². The number of nitrogens with two attached hydrogens (primary N) is 1. The summed E-state index contributed by atoms with van der Waals surface area (Å²) in [5.41, 5.74) is 4.85. The summed E-state index contributed by atoms with van der Waals surface area (Å²) in [4.78, 5) is 21.0. The van der Waals surface area contributed by atoms with Gasteiger partial charge in [-0.3, -0.25) is 9.59 Å². The Morgan fingerprint density at radius 2 is 1.50 bits per heavy atom. The molecular formula is C9H18N2O5. The molecule has 7 heteroatoms. The molecule has 0 spiro atoms. The first-order valence-corrected chi connectivity index (χ1v) is 4.89. The van der Waals surface area contributed by atoms with Crippen LogP contribution in [-0.4, -0.2) is 58.5 Å². The molecule has 0 saturated carbocycles. The Hall–Kier alpha value is -1.18. The van der Waals surface area contributed by atoms with Gasteiger partial charge in [-0.25, -0.2) is 0 Å². The minimum atomic E-state index is -0.506. The van der Waals surface area contributed by atoms with Gasteiger partial charge >= 0.3 is 0 Å². The molecule has 0 fully saturated rings. The Kier molecular flexibility index (Phi) is 9.58. The number of carbonyl (C=O) groups excluding carboxylic acids is 2. The van der Waals surface area contributed by atoms with E-state index in [4.69, 9.17) is 19.9 Å². The van der Waals surface area contributed by atoms with Crippen molar-refractivity contribution in [3.05, 3.63) is 0 Å². The summed E-state index contributed by atoms with van der Waals surface area (Å²) in [5, 5.41) is 2.43. The second-order valence-electron chi connectivity index (χ2n) is 2.86. The molecule has 0 unspecified atom stereocenters. The van der Waals surface area contributed by atoms with E-state index in [0.717, 1.165) is 0 Å². The average molecular weight is 234 g/mol. The fourth-order valence-corrected chi connectivity index (χ4v) is 0.748. The fraction of sp³-hybridized carbons (Fsp3) is 0.778. The lowest BCUT2D eigenvalue weighted by molar-refractivity contribution is -0.125. The fourth-order valence-electron chi connectivity index (χ4n) is 0.748. The first-order chi connectivity index (χ1) is 7.66. The van der Waals surface area contributed by atoms with Gasteiger partial charge in [-0.05, 0) is 0 Å². The summed E-state index contributed by atoms with van der Waals surface area (Å²) >= 11 is 0. The molecule has 0 aromatic heterocycles. The third-order valence-corrected chi connectivity index (χ3v) is 1.50. The molecule has 94 valence electrons. The van der Waals surface area contributed by atoms with Gasteiger partial charge in [0.25, 0.3) is 0 Å². The maximum atomic E-state index is 10.7. The van der Waals surface area contributed by atoms with E-state index in [1.54, 1.807) is 0 Å². The third kappa shape index (κ3) is 10.9. The highest BCUT2D eigenvalue weighted by Crippen LogP contribution is 1.81. The van der Waals surface area contributed by atoms with Crippen LogP contribution in [0.2, 0.25) is 0 Å². The van der Waals surface area contributed by atoms with Crippen molar-refractivity contribution in [1.82, 2.24) is 5.32 Å². The average Bonchev–Trinajstić information content (AvgIpc) is 2.26. The molecule has 0 heterocycles. The quantitative estimate of drug-likeness (QED) is 0.437. The standard InChI is InChI=1S/C9H18N2O5/c1-11-9(13)7-16-5-3-14-2-4-15-6-8(10)12/h2-7H2,1H3,(H2,10,12)(H,11,13). The van der Waals surface area contributed by atoms with Gasteiger partial charge in [0.15, 0.2) is 0 Å². The smallest absolute Gasteiger partial charge is 0.245 e. The van der Waals surface area contributed by atoms with Gasteiger partial charge in [0.2, 0.25) is 11.8 Å². The number of ether oxygens (including phenoxy) is 3. The molecule has 7 nitrogen and oxygen atoms in total. The largest absolute Gasteiger partial charge is 0.377 e. The summed E-state index contributed by atoms with van der Waals surface area (Å²) in [6, 6.07) is 0. The number of nitrogens with one attached hydrogen (secondary N) is 1. The second kappa shape index (κ2) is 10.3. The van der Waals surface area contributed by atoms with Crippen LogP contribution in [0.25, 0.3) is 0 Å². The Bertz CT molecular complexity index is 210. The van der Waals surface area contributed by atoms with Gasteiger partial charge in [0, 0.05) is 7.05 Å². The highest BCUT2D eigenvalue weighted by atomic mass is 16.5. The van der Waals surface area contributed by atoms with Crippen LogP contribution < -0.4 is 11.1 Å². The molecule has 0 aliphatic heterocycles. The summed E-state index contributed by atoms with van der Waals surface area (Å²) in [5.74, 6) is -0.682. The van der Waals surface area contributed by atoms with Crippen molar-refractivity contribution in [3.8, 4) is 0 Å². The van der Waals surface area contributed by atoms with Gasteiger partial charge in [-0.2, -0.15) is 0 Å². The van der Waals surface area contributed by atoms with Crippen LogP contribution in [0.4, 0.5) is 0 Å². The van der Waals surface area contributed by atoms with Crippen molar-refractivity contribution in [2.45, 2.75) is 0 Å². The van der Waals surface area contributed by atoms with Crippen molar-refractivity contribution in [2.75, 3.05) is 46.7 Å². The molecule has 0 aliphatic rings. The van der Waals surface area contributed by atoms with E-state index in [0.29, 0.717) is 26.4 Å². The maximum absolute atomic E-state index is 10.7. The molecular weight excluding hydrogens is 216 g/mol. The summed E-state index contributed by atoms with van der Waals surface area (Å²) in [7, 11) is 1.54. The molecule has 0 aromatic rings. The number of hydrogen-bond acceptors (Lipinski definition) is 5. The predicted molar refractivity (Wildman–Crippen MR) is 55.7 cm³/mol. The third-order valence-electron chi connectivity index (χ3n) is 1.50. The zero-order chi connectivity index (χ0) is 12.2. The van der Waals surface area contributed by atoms with Crippen molar-refractivity contribution in [1.29, 1.82) is 0 Å². The Morgan fingerprint density at radius 1 is 1.00 bits per heavy atom. The van der Waals surface area contributed by atoms with E-state index < -0.39 is 5.91 Å². The SMILES string of the molecule is CNC(=O)COCCOCCOCC(N)=O. The lowest BCUT2D eigenvalue weighted by Crippen LogP contribution is -2.24. The van der Waals surface area contributed by atoms with Crippen LogP contribution in [0, 0.1) is 0 Å². The van der Waals surface area contributed by atoms with Crippen molar-refractivity contribution in [3.63, 3.8) is 0 Å². The molecule has 0 atom stereocenters. The van der Waals surface area contributed by atoms with Crippen LogP contribution >= 0.6 is 0 Å². The Labute approximate surface area is 94.2 Å². The molecule has 0 aliphatic carbocycles. The van der Waals surface area contributed by atoms with Gasteiger partial charge in [-0.15, -0.1) is 0 Å². The summed E-state index contributed by atoms with van der Waals surface area (Å²) in [6.07, 6.45) is 0. The Morgan fingerprint density at radius 3 is 2.00 bits per heavy atom. The molecule has 0 saturated heterocycles. The minimum absolute atomic E-state index is 0.0258. The lowest BCUT2D eigenvalue weighted by Gasteiger charge is -2.05. The zero-order valence-electron chi connectivity index (χ0n) is 9.36. The molecule has 2 amide bonds. The van der Waals surface area contributed by atoms with Crippen LogP contribution in [0.1, 0.15) is 0 Å². The highest BCUT2D eigenvalue weighted by Gasteiger charge is 1.97. The number of rotatable bonds is 10. The van der Waals surface area contributed by atoms with Gasteiger partial charge in [0.1, 0.15) is 13.2 Å². The van der Waals surface area contributed by atoms with E-state index in [9.17, 15) is 9.59 Å². The Balaban J connectivity index is 3.04. The predicted octanol–water partition coefficient (Wildman–Crippen LogP) is -1.73. The first-order valence-electron chi connectivity index (χ1n) is 4.89. The van der Waals surface area contributed by atoms with Crippen LogP contribution in [0.15, 0.2) is 0 Å². The number of hydrogen-bond donors (Lipinski definition) is 2. The summed E-state index contributed by atoms with van der Waals surface area (Å²) < 4.78 is 14.9. The highest BCUT2D eigenvalue weighted by molar-refractivity contribution is 5.76. The number of carbonyl (C=O) groups is 2. The van der Waals surface area contributed by atoms with Crippen molar-refractivity contribution >= 4 is 11.8 Å². The number of primary amides is 1. The van der Waals surface area contributed by atoms with Crippen LogP contribution in [-0.2, 0) is 23.8 Å². The number of likely N-dealkylation sites (N-methyl/N-ethyl adjacent to an activating group) is 1. The molecule has 3 N–H and O–H groups in total. The van der Waals surface area contributed by atoms with E-state index in [2.05, 4.69) is 5.32 Å². The van der Waals surface area contributed by atoms with Crippen LogP contribution in [0.3, 0.4) is 0 Å². The first kappa shape index (κ1) is 14.8. The molecule has 0 radical (unpaired) electrons. The maximum Gasteiger partial charge on any atom is 0.245 e. The second-order valence-corrected chi connectivity index (χ2v) is 2.86. The monoisotopic (exact) mass is 234 g/mol. The van der Waals surface area contributed by atoms with E-state index in [1.807, 2.05) is 0 Å². The van der Waals surface area contributed by atoms with Crippen LogP contribution in [0.5, 0.6) is 0 Å². The molecule has 0 rings (SSSR count). The summed E-state index contributed by atoms with van der Waals surface area (Å²) in [6.45, 7) is 1.30. The topological polar surface area (TPSA) is 99.9 Å².